The molecule has 0 aliphatic carbocycles. The zero-order chi connectivity index (χ0) is 31.7. The summed E-state index contributed by atoms with van der Waals surface area (Å²) < 4.78 is 0. The van der Waals surface area contributed by atoms with Gasteiger partial charge in [-0.3, -0.25) is 9.97 Å². The van der Waals surface area contributed by atoms with Crippen molar-refractivity contribution in [2.75, 3.05) is 5.32 Å². The van der Waals surface area contributed by atoms with Gasteiger partial charge in [-0.05, 0) is 55.8 Å². The molecule has 6 heterocycles. The van der Waals surface area contributed by atoms with Crippen LogP contribution < -0.4 is 5.32 Å². The van der Waals surface area contributed by atoms with Gasteiger partial charge in [-0.1, -0.05) is 64.1 Å². The van der Waals surface area contributed by atoms with Crippen molar-refractivity contribution in [3.63, 3.8) is 0 Å². The van der Waals surface area contributed by atoms with Crippen LogP contribution in [0.15, 0.2) is 67.3 Å². The molecular formula is C31H20Cl5N7S2. The van der Waals surface area contributed by atoms with Crippen LogP contribution in [0.5, 0.6) is 0 Å². The number of fused-ring (bicyclic) bond motifs is 2. The largest absolute Gasteiger partial charge is 0.365 e. The van der Waals surface area contributed by atoms with Gasteiger partial charge in [0.15, 0.2) is 11.6 Å². The summed E-state index contributed by atoms with van der Waals surface area (Å²) in [4.78, 5) is 29.9. The zero-order valence-electron chi connectivity index (χ0n) is 23.4. The summed E-state index contributed by atoms with van der Waals surface area (Å²) in [6.45, 7) is 4.45. The van der Waals surface area contributed by atoms with E-state index in [0.717, 1.165) is 46.9 Å². The third-order valence-corrected chi connectivity index (χ3v) is 10.8. The topological polar surface area (TPSA) is 89.4 Å². The Labute approximate surface area is 291 Å². The number of hydrogen-bond acceptors (Lipinski definition) is 9. The Kier molecular flexibility index (Phi) is 9.68. The highest BCUT2D eigenvalue weighted by molar-refractivity contribution is 7.19. The van der Waals surface area contributed by atoms with Crippen molar-refractivity contribution in [2.45, 2.75) is 20.4 Å². The first-order chi connectivity index (χ1) is 21.7. The molecule has 0 saturated carbocycles. The smallest absolute Gasteiger partial charge is 0.163 e. The van der Waals surface area contributed by atoms with Crippen molar-refractivity contribution in [3.8, 4) is 22.8 Å². The highest BCUT2D eigenvalue weighted by atomic mass is 35.5. The Bertz CT molecular complexity index is 2160. The monoisotopic (exact) mass is 729 g/mol. The molecule has 45 heavy (non-hydrogen) atoms. The van der Waals surface area contributed by atoms with Crippen LogP contribution in [0, 0.1) is 13.8 Å². The van der Waals surface area contributed by atoms with Crippen molar-refractivity contribution in [1.29, 1.82) is 0 Å². The number of thiophene rings is 2. The van der Waals surface area contributed by atoms with Gasteiger partial charge in [0.1, 0.15) is 20.6 Å². The zero-order valence-corrected chi connectivity index (χ0v) is 28.9. The summed E-state index contributed by atoms with van der Waals surface area (Å²) in [5.74, 6) is 1.90. The number of halogens is 5. The molecule has 7 aromatic rings. The first-order valence-electron chi connectivity index (χ1n) is 13.3. The van der Waals surface area contributed by atoms with E-state index in [0.29, 0.717) is 49.3 Å². The summed E-state index contributed by atoms with van der Waals surface area (Å²) in [5.41, 5.74) is 2.77. The molecule has 0 fully saturated rings. The second-order valence-electron chi connectivity index (χ2n) is 9.61. The molecule has 1 N–H and O–H groups in total. The summed E-state index contributed by atoms with van der Waals surface area (Å²) in [6, 6.07) is 13.0. The fraction of sp³-hybridized carbons (Fsp3) is 0.0968. The molecule has 0 atom stereocenters. The van der Waals surface area contributed by atoms with Gasteiger partial charge in [0.25, 0.3) is 0 Å². The van der Waals surface area contributed by atoms with Crippen molar-refractivity contribution in [3.05, 3.63) is 108 Å². The fourth-order valence-corrected chi connectivity index (χ4v) is 7.56. The Morgan fingerprint density at radius 2 is 1.16 bits per heavy atom. The van der Waals surface area contributed by atoms with Crippen LogP contribution in [0.2, 0.25) is 25.2 Å². The Morgan fingerprint density at radius 3 is 1.73 bits per heavy atom. The summed E-state index contributed by atoms with van der Waals surface area (Å²) >= 11 is 34.1. The van der Waals surface area contributed by atoms with E-state index < -0.39 is 0 Å². The summed E-state index contributed by atoms with van der Waals surface area (Å²) in [7, 11) is 0. The Morgan fingerprint density at radius 1 is 0.622 bits per heavy atom. The van der Waals surface area contributed by atoms with Crippen molar-refractivity contribution in [2.24, 2.45) is 0 Å². The van der Waals surface area contributed by atoms with E-state index in [4.69, 9.17) is 63.0 Å². The quantitative estimate of drug-likeness (QED) is 0.176. The van der Waals surface area contributed by atoms with Crippen molar-refractivity contribution in [1.82, 2.24) is 29.9 Å². The highest BCUT2D eigenvalue weighted by Gasteiger charge is 2.17. The minimum Gasteiger partial charge on any atom is -0.365 e. The average molecular weight is 732 g/mol. The maximum atomic E-state index is 6.51. The van der Waals surface area contributed by atoms with Crippen LogP contribution in [0.25, 0.3) is 43.2 Å². The van der Waals surface area contributed by atoms with Crippen LogP contribution >= 0.6 is 80.7 Å². The lowest BCUT2D eigenvalue weighted by atomic mass is 10.2. The molecule has 0 unspecified atom stereocenters. The molecule has 14 heteroatoms. The minimum absolute atomic E-state index is 0.390. The molecule has 0 aliphatic heterocycles. The van der Waals surface area contributed by atoms with E-state index in [1.165, 1.54) is 11.3 Å². The predicted octanol–water partition coefficient (Wildman–Crippen LogP) is 11.0. The molecule has 1 aromatic carbocycles. The van der Waals surface area contributed by atoms with E-state index in [9.17, 15) is 0 Å². The lowest BCUT2D eigenvalue weighted by Crippen LogP contribution is -2.04. The number of hydrogen-bond donors (Lipinski definition) is 1. The molecule has 0 radical (unpaired) electrons. The standard InChI is InChI=1S/C19H13Cl3N4S.C12H7Cl2N3S/c1-10-16(22)15-18(24-9-11-2-3-13(20)14(21)8-11)25-17(26-19(15)27-10)12-4-6-23-7-5-12;1-6-9(13)8-10(14)16-11(17-12(8)18-6)7-2-4-15-5-3-7/h2-8H,9H2,1H3,(H,24,25,26);2-5H,1H3. The number of anilines is 1. The van der Waals surface area contributed by atoms with Crippen LogP contribution in [-0.2, 0) is 6.54 Å². The summed E-state index contributed by atoms with van der Waals surface area (Å²) in [5, 5.41) is 7.69. The van der Waals surface area contributed by atoms with Gasteiger partial charge in [-0.2, -0.15) is 0 Å². The Balaban J connectivity index is 0.000000172. The Hall–Kier alpha value is -3.15. The van der Waals surface area contributed by atoms with Crippen LogP contribution in [0.3, 0.4) is 0 Å². The number of aryl methyl sites for hydroxylation is 2. The first-order valence-corrected chi connectivity index (χ1v) is 16.8. The first kappa shape index (κ1) is 31.8. The van der Waals surface area contributed by atoms with Gasteiger partial charge in [-0.15, -0.1) is 22.7 Å². The second kappa shape index (κ2) is 13.7. The number of rotatable bonds is 5. The van der Waals surface area contributed by atoms with Gasteiger partial charge in [0.2, 0.25) is 0 Å². The van der Waals surface area contributed by atoms with Crippen LogP contribution in [0.4, 0.5) is 5.82 Å². The van der Waals surface area contributed by atoms with E-state index in [1.54, 1.807) is 42.2 Å². The maximum Gasteiger partial charge on any atom is 0.163 e. The average Bonchev–Trinajstić information content (AvgIpc) is 3.51. The lowest BCUT2D eigenvalue weighted by Gasteiger charge is -2.10. The maximum absolute atomic E-state index is 6.51. The number of nitrogens with zero attached hydrogens (tertiary/aromatic N) is 6. The molecular weight excluding hydrogens is 712 g/mol. The van der Waals surface area contributed by atoms with Crippen molar-refractivity contribution >= 4 is 107 Å². The molecule has 0 saturated heterocycles. The van der Waals surface area contributed by atoms with Gasteiger partial charge in [0.05, 0.1) is 30.9 Å². The number of pyridine rings is 2. The fourth-order valence-electron chi connectivity index (χ4n) is 4.34. The van der Waals surface area contributed by atoms with Crippen LogP contribution in [0.1, 0.15) is 15.3 Å². The molecule has 7 rings (SSSR count). The molecule has 0 amide bonds. The van der Waals surface area contributed by atoms with Gasteiger partial charge < -0.3 is 5.32 Å². The number of benzene rings is 1. The van der Waals surface area contributed by atoms with Gasteiger partial charge >= 0.3 is 0 Å². The van der Waals surface area contributed by atoms with E-state index >= 15 is 0 Å². The number of aromatic nitrogens is 6. The number of nitrogens with one attached hydrogen (secondary N) is 1. The van der Waals surface area contributed by atoms with E-state index in [-0.39, 0.29) is 0 Å². The van der Waals surface area contributed by atoms with Gasteiger partial charge in [0, 0.05) is 52.2 Å². The third kappa shape index (κ3) is 6.85. The molecule has 7 nitrogen and oxygen atoms in total. The predicted molar refractivity (Wildman–Crippen MR) is 190 cm³/mol. The van der Waals surface area contributed by atoms with Gasteiger partial charge in [-0.25, -0.2) is 19.9 Å². The highest BCUT2D eigenvalue weighted by Crippen LogP contribution is 2.40. The SMILES string of the molecule is Cc1sc2nc(-c3ccncc3)nc(Cl)c2c1Cl.Cc1sc2nc(-c3ccncc3)nc(NCc3ccc(Cl)c(Cl)c3)c2c1Cl. The molecule has 0 aliphatic rings. The third-order valence-electron chi connectivity index (χ3n) is 6.59. The van der Waals surface area contributed by atoms with Crippen molar-refractivity contribution < 1.29 is 0 Å². The molecule has 226 valence electrons. The lowest BCUT2D eigenvalue weighted by molar-refractivity contribution is 1.11. The molecule has 6 aromatic heterocycles. The summed E-state index contributed by atoms with van der Waals surface area (Å²) in [6.07, 6.45) is 6.84. The molecule has 0 bridgehead atoms. The normalized spacial score (nSPS) is 11.1. The molecule has 0 spiro atoms. The second-order valence-corrected chi connectivity index (χ2v) is 13.9. The van der Waals surface area contributed by atoms with E-state index in [1.807, 2.05) is 50.2 Å². The minimum atomic E-state index is 0.390. The van der Waals surface area contributed by atoms with E-state index in [2.05, 4.69) is 30.2 Å². The van der Waals surface area contributed by atoms with Crippen LogP contribution in [-0.4, -0.2) is 29.9 Å².